The van der Waals surface area contributed by atoms with E-state index in [1.807, 2.05) is 27.5 Å². The van der Waals surface area contributed by atoms with Gasteiger partial charge in [0.2, 0.25) is 0 Å². The lowest BCUT2D eigenvalue weighted by Crippen LogP contribution is -2.46. The summed E-state index contributed by atoms with van der Waals surface area (Å²) in [5.41, 5.74) is 1.92. The lowest BCUT2D eigenvalue weighted by atomic mass is 10.2. The van der Waals surface area contributed by atoms with Crippen molar-refractivity contribution < 1.29 is 4.79 Å². The predicted octanol–water partition coefficient (Wildman–Crippen LogP) is 0.826. The zero-order chi connectivity index (χ0) is 15.1. The molecule has 6 nitrogen and oxygen atoms in total. The number of hydrogen-bond donors (Lipinski definition) is 2. The number of rotatable bonds is 1. The molecule has 2 N–H and O–H groups in total. The van der Waals surface area contributed by atoms with Gasteiger partial charge in [0.1, 0.15) is 5.65 Å². The maximum absolute atomic E-state index is 12.6. The molecule has 4 rings (SSSR count). The van der Waals surface area contributed by atoms with Gasteiger partial charge in [0.15, 0.2) is 0 Å². The molecule has 1 aliphatic heterocycles. The number of amides is 1. The van der Waals surface area contributed by atoms with Gasteiger partial charge in [0.05, 0.1) is 16.5 Å². The molecular weight excluding hydrogens is 280 g/mol. The zero-order valence-electron chi connectivity index (χ0n) is 12.0. The number of para-hydroxylation sites is 1. The number of hydrogen-bond acceptors (Lipinski definition) is 3. The smallest absolute Gasteiger partial charge is 0.258 e. The molecule has 1 amide bonds. The van der Waals surface area contributed by atoms with Crippen molar-refractivity contribution in [2.75, 3.05) is 26.2 Å². The molecule has 1 saturated heterocycles. The maximum atomic E-state index is 12.6. The molecule has 22 heavy (non-hydrogen) atoms. The highest BCUT2D eigenvalue weighted by molar-refractivity contribution is 5.96. The molecule has 1 aliphatic rings. The number of carbonyl (C=O) groups is 1. The normalized spacial score (nSPS) is 15.5. The highest BCUT2D eigenvalue weighted by Gasteiger charge is 2.19. The first kappa shape index (κ1) is 13.1. The number of nitrogens with one attached hydrogen (secondary N) is 2. The molecule has 3 heterocycles. The quantitative estimate of drug-likeness (QED) is 0.699. The molecule has 0 atom stereocenters. The van der Waals surface area contributed by atoms with Crippen molar-refractivity contribution in [2.45, 2.75) is 0 Å². The molecule has 1 fully saturated rings. The molecule has 0 radical (unpaired) electrons. The average molecular weight is 296 g/mol. The number of aromatic nitrogens is 2. The van der Waals surface area contributed by atoms with Gasteiger partial charge in [-0.1, -0.05) is 12.1 Å². The molecule has 6 heteroatoms. The van der Waals surface area contributed by atoms with Crippen LogP contribution in [0.3, 0.4) is 0 Å². The number of benzene rings is 1. The summed E-state index contributed by atoms with van der Waals surface area (Å²) in [6.45, 7) is 3.06. The molecule has 1 aromatic carbocycles. The number of aromatic amines is 1. The second kappa shape index (κ2) is 4.99. The Morgan fingerprint density at radius 3 is 2.73 bits per heavy atom. The van der Waals surface area contributed by atoms with Gasteiger partial charge in [-0.25, -0.2) is 0 Å². The molecule has 3 aromatic rings. The summed E-state index contributed by atoms with van der Waals surface area (Å²) in [4.78, 5) is 29.4. The summed E-state index contributed by atoms with van der Waals surface area (Å²) >= 11 is 0. The summed E-state index contributed by atoms with van der Waals surface area (Å²) in [6.07, 6.45) is 1.80. The van der Waals surface area contributed by atoms with Gasteiger partial charge in [0.25, 0.3) is 11.5 Å². The Morgan fingerprint density at radius 2 is 1.91 bits per heavy atom. The number of fused-ring (bicyclic) bond motifs is 3. The molecule has 0 aliphatic carbocycles. The van der Waals surface area contributed by atoms with Gasteiger partial charge in [0, 0.05) is 32.4 Å². The molecule has 2 aromatic heterocycles. The minimum Gasteiger partial charge on any atom is -0.336 e. The standard InChI is InChI=1S/C16H16N4O2/c21-15-12-3-1-2-4-13(12)20-10-11(9-14(20)18-15)16(22)19-7-5-17-6-8-19/h1-4,9-10,17H,5-8H2,(H,18,21). The second-order valence-electron chi connectivity index (χ2n) is 5.50. The molecule has 0 saturated carbocycles. The molecule has 0 unspecified atom stereocenters. The van der Waals surface area contributed by atoms with E-state index in [1.54, 1.807) is 18.3 Å². The Labute approximate surface area is 126 Å². The largest absolute Gasteiger partial charge is 0.336 e. The molecule has 0 bridgehead atoms. The van der Waals surface area contributed by atoms with Crippen molar-refractivity contribution in [3.05, 3.63) is 52.4 Å². The van der Waals surface area contributed by atoms with Crippen LogP contribution in [0.4, 0.5) is 0 Å². The first-order chi connectivity index (χ1) is 10.7. The summed E-state index contributed by atoms with van der Waals surface area (Å²) < 4.78 is 1.87. The minimum atomic E-state index is -0.137. The lowest BCUT2D eigenvalue weighted by Gasteiger charge is -2.26. The van der Waals surface area contributed by atoms with Gasteiger partial charge in [-0.15, -0.1) is 0 Å². The molecule has 0 spiro atoms. The van der Waals surface area contributed by atoms with Crippen molar-refractivity contribution in [2.24, 2.45) is 0 Å². The van der Waals surface area contributed by atoms with Crippen LogP contribution in [0.1, 0.15) is 10.4 Å². The van der Waals surface area contributed by atoms with Gasteiger partial charge >= 0.3 is 0 Å². The van der Waals surface area contributed by atoms with E-state index < -0.39 is 0 Å². The molecular formula is C16H16N4O2. The van der Waals surface area contributed by atoms with Gasteiger partial charge in [-0.2, -0.15) is 0 Å². The van der Waals surface area contributed by atoms with Crippen LogP contribution in [0.2, 0.25) is 0 Å². The Hall–Kier alpha value is -2.60. The zero-order valence-corrected chi connectivity index (χ0v) is 12.0. The van der Waals surface area contributed by atoms with Crippen LogP contribution in [0.25, 0.3) is 16.6 Å². The van der Waals surface area contributed by atoms with Crippen LogP contribution >= 0.6 is 0 Å². The fraction of sp³-hybridized carbons (Fsp3) is 0.250. The number of piperazine rings is 1. The van der Waals surface area contributed by atoms with Crippen molar-refractivity contribution >= 4 is 22.5 Å². The number of nitrogens with zero attached hydrogens (tertiary/aromatic N) is 2. The van der Waals surface area contributed by atoms with Crippen LogP contribution in [0.15, 0.2) is 41.3 Å². The SMILES string of the molecule is O=C(c1cc2[nH]c(=O)c3ccccc3n2c1)N1CCNCC1. The summed E-state index contributed by atoms with van der Waals surface area (Å²) in [7, 11) is 0. The third kappa shape index (κ3) is 2.00. The highest BCUT2D eigenvalue weighted by atomic mass is 16.2. The van der Waals surface area contributed by atoms with Gasteiger partial charge < -0.3 is 19.6 Å². The van der Waals surface area contributed by atoms with Crippen LogP contribution in [0.5, 0.6) is 0 Å². The van der Waals surface area contributed by atoms with Crippen molar-refractivity contribution in [1.82, 2.24) is 19.6 Å². The molecule has 112 valence electrons. The Morgan fingerprint density at radius 1 is 1.14 bits per heavy atom. The summed E-state index contributed by atoms with van der Waals surface area (Å²) in [5, 5.41) is 3.85. The van der Waals surface area contributed by atoms with Crippen molar-refractivity contribution in [3.63, 3.8) is 0 Å². The van der Waals surface area contributed by atoms with E-state index in [1.165, 1.54) is 0 Å². The fourth-order valence-corrected chi connectivity index (χ4v) is 2.99. The topological polar surface area (TPSA) is 69.6 Å². The van der Waals surface area contributed by atoms with E-state index >= 15 is 0 Å². The first-order valence-electron chi connectivity index (χ1n) is 7.37. The lowest BCUT2D eigenvalue weighted by molar-refractivity contribution is 0.0736. The fourth-order valence-electron chi connectivity index (χ4n) is 2.99. The van der Waals surface area contributed by atoms with E-state index in [0.717, 1.165) is 18.6 Å². The third-order valence-electron chi connectivity index (χ3n) is 4.12. The van der Waals surface area contributed by atoms with Gasteiger partial charge in [-0.05, 0) is 18.2 Å². The van der Waals surface area contributed by atoms with Gasteiger partial charge in [-0.3, -0.25) is 9.59 Å². The van der Waals surface area contributed by atoms with Crippen LogP contribution in [0, 0.1) is 0 Å². The van der Waals surface area contributed by atoms with E-state index in [-0.39, 0.29) is 11.5 Å². The average Bonchev–Trinajstić information content (AvgIpc) is 2.99. The summed E-state index contributed by atoms with van der Waals surface area (Å²) in [6, 6.07) is 9.14. The maximum Gasteiger partial charge on any atom is 0.258 e. The van der Waals surface area contributed by atoms with Crippen LogP contribution < -0.4 is 10.9 Å². The minimum absolute atomic E-state index is 0.00938. The Kier molecular flexibility index (Phi) is 2.97. The van der Waals surface area contributed by atoms with Crippen LogP contribution in [-0.2, 0) is 0 Å². The Bertz CT molecular complexity index is 919. The van der Waals surface area contributed by atoms with E-state index in [2.05, 4.69) is 10.3 Å². The monoisotopic (exact) mass is 296 g/mol. The van der Waals surface area contributed by atoms with Crippen molar-refractivity contribution in [1.29, 1.82) is 0 Å². The highest BCUT2D eigenvalue weighted by Crippen LogP contribution is 2.16. The van der Waals surface area contributed by atoms with Crippen molar-refractivity contribution in [3.8, 4) is 0 Å². The van der Waals surface area contributed by atoms with Crippen LogP contribution in [-0.4, -0.2) is 46.4 Å². The summed E-state index contributed by atoms with van der Waals surface area (Å²) in [5.74, 6) is 0.00938. The third-order valence-corrected chi connectivity index (χ3v) is 4.12. The van der Waals surface area contributed by atoms with E-state index in [4.69, 9.17) is 0 Å². The predicted molar refractivity (Wildman–Crippen MR) is 84.3 cm³/mol. The Balaban J connectivity index is 1.85. The van der Waals surface area contributed by atoms with E-state index in [0.29, 0.717) is 29.7 Å². The second-order valence-corrected chi connectivity index (χ2v) is 5.50. The number of carbonyl (C=O) groups excluding carboxylic acids is 1. The first-order valence-corrected chi connectivity index (χ1v) is 7.37. The van der Waals surface area contributed by atoms with E-state index in [9.17, 15) is 9.59 Å². The number of H-pyrrole nitrogens is 1.